The van der Waals surface area contributed by atoms with Gasteiger partial charge in [0.15, 0.2) is 0 Å². The molecule has 0 saturated carbocycles. The van der Waals surface area contributed by atoms with Gasteiger partial charge in [-0.15, -0.1) is 0 Å². The Bertz CT molecular complexity index is 331. The highest BCUT2D eigenvalue weighted by atomic mass is 16.5. The van der Waals surface area contributed by atoms with Gasteiger partial charge in [0.05, 0.1) is 12.6 Å². The second-order valence-electron chi connectivity index (χ2n) is 4.57. The molecule has 1 fully saturated rings. The molecule has 0 spiro atoms. The molecule has 6 nitrogen and oxygen atoms in total. The zero-order valence-corrected chi connectivity index (χ0v) is 11.4. The Kier molecular flexibility index (Phi) is 7.10. The van der Waals surface area contributed by atoms with Crippen LogP contribution in [0.5, 0.6) is 0 Å². The number of ether oxygens (including phenoxy) is 1. The fourth-order valence-corrected chi connectivity index (χ4v) is 1.97. The van der Waals surface area contributed by atoms with E-state index >= 15 is 0 Å². The van der Waals surface area contributed by atoms with Crippen LogP contribution in [0.2, 0.25) is 0 Å². The summed E-state index contributed by atoms with van der Waals surface area (Å²) >= 11 is 0. The minimum absolute atomic E-state index is 0.152. The molecule has 108 valence electrons. The molecule has 1 aliphatic rings. The fourth-order valence-electron chi connectivity index (χ4n) is 1.97. The topological polar surface area (TPSA) is 84.5 Å². The van der Waals surface area contributed by atoms with Crippen molar-refractivity contribution in [3.63, 3.8) is 0 Å². The maximum atomic E-state index is 11.4. The van der Waals surface area contributed by atoms with Gasteiger partial charge < -0.3 is 10.1 Å². The number of carbonyl (C=O) groups excluding carboxylic acids is 3. The van der Waals surface area contributed by atoms with Crippen LogP contribution in [0, 0.1) is 0 Å². The van der Waals surface area contributed by atoms with E-state index in [1.54, 1.807) is 6.92 Å². The van der Waals surface area contributed by atoms with Gasteiger partial charge in [-0.1, -0.05) is 6.42 Å². The Balaban J connectivity index is 2.00. The lowest BCUT2D eigenvalue weighted by Crippen LogP contribution is -2.50. The summed E-state index contributed by atoms with van der Waals surface area (Å²) in [6.45, 7) is 2.94. The van der Waals surface area contributed by atoms with E-state index in [-0.39, 0.29) is 23.8 Å². The average Bonchev–Trinajstić information content (AvgIpc) is 2.36. The summed E-state index contributed by atoms with van der Waals surface area (Å²) in [5, 5.41) is 5.43. The molecule has 1 atom stereocenters. The number of amides is 2. The molecular weight excluding hydrogens is 248 g/mol. The summed E-state index contributed by atoms with van der Waals surface area (Å²) in [4.78, 5) is 33.5. The van der Waals surface area contributed by atoms with Crippen molar-refractivity contribution in [2.75, 3.05) is 13.2 Å². The van der Waals surface area contributed by atoms with E-state index in [0.29, 0.717) is 25.9 Å². The molecule has 1 saturated heterocycles. The Morgan fingerprint density at radius 2 is 2.16 bits per heavy atom. The maximum Gasteiger partial charge on any atom is 0.305 e. The van der Waals surface area contributed by atoms with Crippen molar-refractivity contribution in [3.8, 4) is 0 Å². The number of imide groups is 1. The van der Waals surface area contributed by atoms with Gasteiger partial charge in [-0.3, -0.25) is 19.7 Å². The molecule has 0 aliphatic carbocycles. The maximum absolute atomic E-state index is 11.4. The van der Waals surface area contributed by atoms with Crippen LogP contribution in [0.25, 0.3) is 0 Å². The highest BCUT2D eigenvalue weighted by Crippen LogP contribution is 2.05. The molecule has 0 aromatic heterocycles. The van der Waals surface area contributed by atoms with Crippen LogP contribution in [0.3, 0.4) is 0 Å². The smallest absolute Gasteiger partial charge is 0.305 e. The predicted octanol–water partition coefficient (Wildman–Crippen LogP) is 0.505. The van der Waals surface area contributed by atoms with Crippen molar-refractivity contribution in [2.24, 2.45) is 0 Å². The second kappa shape index (κ2) is 8.63. The molecule has 1 aliphatic heterocycles. The van der Waals surface area contributed by atoms with Gasteiger partial charge in [-0.05, 0) is 32.7 Å². The van der Waals surface area contributed by atoms with Crippen LogP contribution in [-0.4, -0.2) is 37.0 Å². The molecule has 1 heterocycles. The largest absolute Gasteiger partial charge is 0.466 e. The number of carbonyl (C=O) groups is 3. The highest BCUT2D eigenvalue weighted by molar-refractivity contribution is 6.00. The average molecular weight is 270 g/mol. The van der Waals surface area contributed by atoms with Crippen molar-refractivity contribution < 1.29 is 19.1 Å². The van der Waals surface area contributed by atoms with E-state index in [9.17, 15) is 14.4 Å². The van der Waals surface area contributed by atoms with Crippen molar-refractivity contribution in [3.05, 3.63) is 0 Å². The monoisotopic (exact) mass is 270 g/mol. The Morgan fingerprint density at radius 1 is 1.37 bits per heavy atom. The van der Waals surface area contributed by atoms with Crippen LogP contribution in [-0.2, 0) is 19.1 Å². The van der Waals surface area contributed by atoms with Crippen molar-refractivity contribution in [1.29, 1.82) is 0 Å². The van der Waals surface area contributed by atoms with Crippen molar-refractivity contribution in [1.82, 2.24) is 10.6 Å². The third kappa shape index (κ3) is 6.33. The molecule has 0 radical (unpaired) electrons. The summed E-state index contributed by atoms with van der Waals surface area (Å²) in [5.74, 6) is -0.583. The SMILES string of the molecule is CCOC(=O)CCCCCNC1CCC(=O)NC1=O. The summed E-state index contributed by atoms with van der Waals surface area (Å²) in [7, 11) is 0. The summed E-state index contributed by atoms with van der Waals surface area (Å²) in [6, 6.07) is -0.261. The van der Waals surface area contributed by atoms with Crippen LogP contribution in [0.15, 0.2) is 0 Å². The van der Waals surface area contributed by atoms with E-state index in [0.717, 1.165) is 25.8 Å². The van der Waals surface area contributed by atoms with Gasteiger partial charge in [-0.25, -0.2) is 0 Å². The lowest BCUT2D eigenvalue weighted by atomic mass is 10.1. The molecule has 0 bridgehead atoms. The van der Waals surface area contributed by atoms with Gasteiger partial charge in [0.25, 0.3) is 0 Å². The van der Waals surface area contributed by atoms with E-state index in [2.05, 4.69) is 10.6 Å². The third-order valence-electron chi connectivity index (χ3n) is 2.99. The minimum atomic E-state index is -0.261. The van der Waals surface area contributed by atoms with E-state index in [1.807, 2.05) is 0 Å². The number of hydrogen-bond acceptors (Lipinski definition) is 5. The molecule has 0 aromatic rings. The number of unbranched alkanes of at least 4 members (excludes halogenated alkanes) is 2. The number of esters is 1. The number of piperidine rings is 1. The zero-order chi connectivity index (χ0) is 14.1. The van der Waals surface area contributed by atoms with Crippen LogP contribution in [0.1, 0.15) is 45.4 Å². The van der Waals surface area contributed by atoms with Crippen LogP contribution < -0.4 is 10.6 Å². The molecule has 6 heteroatoms. The summed E-state index contributed by atoms with van der Waals surface area (Å²) < 4.78 is 4.83. The summed E-state index contributed by atoms with van der Waals surface area (Å²) in [6.07, 6.45) is 4.03. The van der Waals surface area contributed by atoms with E-state index in [4.69, 9.17) is 4.74 Å². The van der Waals surface area contributed by atoms with Gasteiger partial charge >= 0.3 is 5.97 Å². The van der Waals surface area contributed by atoms with E-state index < -0.39 is 0 Å². The number of hydrogen-bond donors (Lipinski definition) is 2. The van der Waals surface area contributed by atoms with Gasteiger partial charge in [0.1, 0.15) is 0 Å². The van der Waals surface area contributed by atoms with Crippen molar-refractivity contribution >= 4 is 17.8 Å². The minimum Gasteiger partial charge on any atom is -0.466 e. The first-order chi connectivity index (χ1) is 9.13. The standard InChI is InChI=1S/C13H22N2O4/c1-2-19-12(17)6-4-3-5-9-14-10-7-8-11(16)15-13(10)18/h10,14H,2-9H2,1H3,(H,15,16,18). The molecular formula is C13H22N2O4. The normalized spacial score (nSPS) is 19.1. The Hall–Kier alpha value is -1.43. The van der Waals surface area contributed by atoms with Gasteiger partial charge in [0, 0.05) is 12.8 Å². The predicted molar refractivity (Wildman–Crippen MR) is 69.3 cm³/mol. The molecule has 19 heavy (non-hydrogen) atoms. The highest BCUT2D eigenvalue weighted by Gasteiger charge is 2.25. The van der Waals surface area contributed by atoms with Gasteiger partial charge in [-0.2, -0.15) is 0 Å². The molecule has 2 N–H and O–H groups in total. The Labute approximate surface area is 113 Å². The summed E-state index contributed by atoms with van der Waals surface area (Å²) in [5.41, 5.74) is 0. The fraction of sp³-hybridized carbons (Fsp3) is 0.769. The molecule has 2 amide bonds. The number of nitrogens with one attached hydrogen (secondary N) is 2. The third-order valence-corrected chi connectivity index (χ3v) is 2.99. The van der Waals surface area contributed by atoms with Crippen LogP contribution >= 0.6 is 0 Å². The quantitative estimate of drug-likeness (QED) is 0.381. The zero-order valence-electron chi connectivity index (χ0n) is 11.4. The second-order valence-corrected chi connectivity index (χ2v) is 4.57. The van der Waals surface area contributed by atoms with Gasteiger partial charge in [0.2, 0.25) is 11.8 Å². The van der Waals surface area contributed by atoms with Crippen molar-refractivity contribution in [2.45, 2.75) is 51.5 Å². The number of rotatable bonds is 8. The van der Waals surface area contributed by atoms with E-state index in [1.165, 1.54) is 0 Å². The lowest BCUT2D eigenvalue weighted by molar-refractivity contribution is -0.143. The first kappa shape index (κ1) is 15.6. The first-order valence-corrected chi connectivity index (χ1v) is 6.86. The Morgan fingerprint density at radius 3 is 2.84 bits per heavy atom. The molecule has 0 aromatic carbocycles. The lowest BCUT2D eigenvalue weighted by Gasteiger charge is -2.21. The molecule has 1 unspecified atom stereocenters. The first-order valence-electron chi connectivity index (χ1n) is 6.86. The molecule has 1 rings (SSSR count). The van der Waals surface area contributed by atoms with Crippen LogP contribution in [0.4, 0.5) is 0 Å².